The first-order chi connectivity index (χ1) is 12.0. The van der Waals surface area contributed by atoms with Crippen LogP contribution < -0.4 is 10.1 Å². The Hall–Kier alpha value is -3.09. The lowest BCUT2D eigenvalue weighted by Gasteiger charge is -2.15. The summed E-state index contributed by atoms with van der Waals surface area (Å²) in [7, 11) is 1.55. The molecule has 2 aromatic carbocycles. The lowest BCUT2D eigenvalue weighted by Crippen LogP contribution is -2.06. The van der Waals surface area contributed by atoms with Crippen LogP contribution in [0.1, 0.15) is 5.56 Å². The van der Waals surface area contributed by atoms with Gasteiger partial charge in [0, 0.05) is 23.6 Å². The number of nitrogens with one attached hydrogen (secondary N) is 1. The van der Waals surface area contributed by atoms with Gasteiger partial charge in [0.25, 0.3) is 0 Å². The number of methoxy groups -OCH3 is 1. The maximum absolute atomic E-state index is 13.1. The minimum Gasteiger partial charge on any atom is -0.497 e. The fourth-order valence-electron chi connectivity index (χ4n) is 2.35. The van der Waals surface area contributed by atoms with Crippen molar-refractivity contribution in [2.45, 2.75) is 6.18 Å². The van der Waals surface area contributed by atoms with E-state index in [0.717, 1.165) is 17.7 Å². The van der Waals surface area contributed by atoms with Crippen molar-refractivity contribution < 1.29 is 17.9 Å². The van der Waals surface area contributed by atoms with E-state index in [1.54, 1.807) is 31.4 Å². The molecule has 1 aromatic heterocycles. The summed E-state index contributed by atoms with van der Waals surface area (Å²) < 4.78 is 44.3. The lowest BCUT2D eigenvalue weighted by molar-refractivity contribution is -0.137. The van der Waals surface area contributed by atoms with Crippen LogP contribution in [0.25, 0.3) is 11.1 Å². The fourth-order valence-corrected chi connectivity index (χ4v) is 2.35. The fraction of sp³-hybridized carbons (Fsp3) is 0.111. The SMILES string of the molecule is COc1ccc(-c2ccc(C(F)(F)F)cc2Nc2cnccn2)cc1. The highest BCUT2D eigenvalue weighted by molar-refractivity contribution is 5.81. The first kappa shape index (κ1) is 16.8. The number of benzene rings is 2. The van der Waals surface area contributed by atoms with Gasteiger partial charge in [-0.15, -0.1) is 0 Å². The topological polar surface area (TPSA) is 47.0 Å². The highest BCUT2D eigenvalue weighted by Crippen LogP contribution is 2.37. The number of ether oxygens (including phenoxy) is 1. The number of rotatable bonds is 4. The Kier molecular flexibility index (Phi) is 4.56. The van der Waals surface area contributed by atoms with Crippen LogP contribution in [0.5, 0.6) is 5.75 Å². The average molecular weight is 345 g/mol. The summed E-state index contributed by atoms with van der Waals surface area (Å²) in [6.45, 7) is 0. The summed E-state index contributed by atoms with van der Waals surface area (Å²) in [5.41, 5.74) is 0.916. The van der Waals surface area contributed by atoms with Gasteiger partial charge in [-0.2, -0.15) is 13.2 Å². The third-order valence-electron chi connectivity index (χ3n) is 3.57. The van der Waals surface area contributed by atoms with E-state index >= 15 is 0 Å². The van der Waals surface area contributed by atoms with Crippen molar-refractivity contribution >= 4 is 11.5 Å². The van der Waals surface area contributed by atoms with E-state index in [1.807, 2.05) is 0 Å². The highest BCUT2D eigenvalue weighted by Gasteiger charge is 2.31. The lowest BCUT2D eigenvalue weighted by atomic mass is 10.0. The summed E-state index contributed by atoms with van der Waals surface area (Å²) in [6, 6.07) is 10.6. The Labute approximate surface area is 142 Å². The van der Waals surface area contributed by atoms with Gasteiger partial charge in [0.2, 0.25) is 0 Å². The van der Waals surface area contributed by atoms with Gasteiger partial charge in [-0.3, -0.25) is 4.98 Å². The molecule has 0 aliphatic carbocycles. The summed E-state index contributed by atoms with van der Waals surface area (Å²) in [5, 5.41) is 2.91. The van der Waals surface area contributed by atoms with Gasteiger partial charge < -0.3 is 10.1 Å². The third-order valence-corrected chi connectivity index (χ3v) is 3.57. The maximum atomic E-state index is 13.1. The molecule has 0 saturated carbocycles. The Morgan fingerprint density at radius 1 is 1.00 bits per heavy atom. The van der Waals surface area contributed by atoms with Crippen molar-refractivity contribution in [2.75, 3.05) is 12.4 Å². The average Bonchev–Trinajstić information content (AvgIpc) is 2.62. The minimum atomic E-state index is -4.43. The number of aromatic nitrogens is 2. The number of nitrogens with zero attached hydrogens (tertiary/aromatic N) is 2. The summed E-state index contributed by atoms with van der Waals surface area (Å²) in [4.78, 5) is 7.97. The number of hydrogen-bond donors (Lipinski definition) is 1. The predicted molar refractivity (Wildman–Crippen MR) is 88.7 cm³/mol. The van der Waals surface area contributed by atoms with Gasteiger partial charge in [-0.1, -0.05) is 18.2 Å². The van der Waals surface area contributed by atoms with Crippen molar-refractivity contribution in [3.8, 4) is 16.9 Å². The quantitative estimate of drug-likeness (QED) is 0.729. The molecule has 0 atom stereocenters. The largest absolute Gasteiger partial charge is 0.497 e. The Morgan fingerprint density at radius 3 is 2.36 bits per heavy atom. The van der Waals surface area contributed by atoms with Gasteiger partial charge in [0.15, 0.2) is 0 Å². The van der Waals surface area contributed by atoms with Crippen LogP contribution in [-0.2, 0) is 6.18 Å². The van der Waals surface area contributed by atoms with Gasteiger partial charge in [-0.05, 0) is 29.8 Å². The molecule has 0 unspecified atom stereocenters. The van der Waals surface area contributed by atoms with Crippen molar-refractivity contribution in [1.82, 2.24) is 9.97 Å². The molecule has 1 N–H and O–H groups in total. The van der Waals surface area contributed by atoms with Crippen molar-refractivity contribution in [2.24, 2.45) is 0 Å². The molecule has 7 heteroatoms. The highest BCUT2D eigenvalue weighted by atomic mass is 19.4. The van der Waals surface area contributed by atoms with Gasteiger partial charge in [-0.25, -0.2) is 4.98 Å². The van der Waals surface area contributed by atoms with Crippen molar-refractivity contribution in [1.29, 1.82) is 0 Å². The van der Waals surface area contributed by atoms with Gasteiger partial charge in [0.05, 0.1) is 18.9 Å². The molecule has 3 rings (SSSR count). The van der Waals surface area contributed by atoms with E-state index in [1.165, 1.54) is 24.7 Å². The van der Waals surface area contributed by atoms with Crippen LogP contribution in [0.3, 0.4) is 0 Å². The van der Waals surface area contributed by atoms with E-state index in [4.69, 9.17) is 4.74 Å². The molecule has 0 spiro atoms. The first-order valence-electron chi connectivity index (χ1n) is 7.36. The Balaban J connectivity index is 2.06. The second-order valence-electron chi connectivity index (χ2n) is 5.20. The molecule has 0 aliphatic heterocycles. The van der Waals surface area contributed by atoms with Crippen LogP contribution in [0, 0.1) is 0 Å². The normalized spacial score (nSPS) is 11.2. The number of halogens is 3. The maximum Gasteiger partial charge on any atom is 0.416 e. The number of hydrogen-bond acceptors (Lipinski definition) is 4. The molecular weight excluding hydrogens is 331 g/mol. The molecule has 0 fully saturated rings. The van der Waals surface area contributed by atoms with Crippen LogP contribution in [0.2, 0.25) is 0 Å². The Morgan fingerprint density at radius 2 is 1.76 bits per heavy atom. The van der Waals surface area contributed by atoms with Crippen molar-refractivity contribution in [3.05, 3.63) is 66.6 Å². The zero-order valence-corrected chi connectivity index (χ0v) is 13.2. The Bertz CT molecular complexity index is 850. The van der Waals surface area contributed by atoms with E-state index in [0.29, 0.717) is 22.8 Å². The molecule has 3 aromatic rings. The second kappa shape index (κ2) is 6.80. The number of anilines is 2. The first-order valence-corrected chi connectivity index (χ1v) is 7.36. The van der Waals surface area contributed by atoms with Crippen LogP contribution in [0.4, 0.5) is 24.7 Å². The van der Waals surface area contributed by atoms with Crippen LogP contribution in [0.15, 0.2) is 61.1 Å². The smallest absolute Gasteiger partial charge is 0.416 e. The molecular formula is C18H14F3N3O. The monoisotopic (exact) mass is 345 g/mol. The molecule has 1 heterocycles. The van der Waals surface area contributed by atoms with E-state index < -0.39 is 11.7 Å². The van der Waals surface area contributed by atoms with Gasteiger partial charge in [0.1, 0.15) is 11.6 Å². The zero-order valence-electron chi connectivity index (χ0n) is 13.2. The zero-order chi connectivity index (χ0) is 17.9. The van der Waals surface area contributed by atoms with E-state index in [2.05, 4.69) is 15.3 Å². The molecule has 4 nitrogen and oxygen atoms in total. The molecule has 0 saturated heterocycles. The molecule has 0 bridgehead atoms. The van der Waals surface area contributed by atoms with E-state index in [-0.39, 0.29) is 0 Å². The van der Waals surface area contributed by atoms with Crippen molar-refractivity contribution in [3.63, 3.8) is 0 Å². The molecule has 0 radical (unpaired) electrons. The standard InChI is InChI=1S/C18H14F3N3O/c1-25-14-5-2-12(3-6-14)15-7-4-13(18(19,20)21)10-16(15)24-17-11-22-8-9-23-17/h2-11H,1H3,(H,23,24). The minimum absolute atomic E-state index is 0.292. The molecule has 0 amide bonds. The van der Waals surface area contributed by atoms with E-state index in [9.17, 15) is 13.2 Å². The molecule has 25 heavy (non-hydrogen) atoms. The second-order valence-corrected chi connectivity index (χ2v) is 5.20. The van der Waals surface area contributed by atoms with Crippen LogP contribution >= 0.6 is 0 Å². The van der Waals surface area contributed by atoms with Crippen LogP contribution in [-0.4, -0.2) is 17.1 Å². The third kappa shape index (κ3) is 3.88. The predicted octanol–water partition coefficient (Wildman–Crippen LogP) is 4.91. The summed E-state index contributed by atoms with van der Waals surface area (Å²) in [5.74, 6) is 1.02. The summed E-state index contributed by atoms with van der Waals surface area (Å²) >= 11 is 0. The molecule has 0 aliphatic rings. The summed E-state index contributed by atoms with van der Waals surface area (Å²) in [6.07, 6.45) is -0.0417. The molecule has 128 valence electrons. The number of alkyl halides is 3. The van der Waals surface area contributed by atoms with Gasteiger partial charge >= 0.3 is 6.18 Å².